The summed E-state index contributed by atoms with van der Waals surface area (Å²) in [6.45, 7) is 5.21. The number of hydrogen-bond donors (Lipinski definition) is 0. The average molecular weight is 533 g/mol. The molecule has 0 heterocycles. The van der Waals surface area contributed by atoms with Crippen LogP contribution < -0.4 is 0 Å². The van der Waals surface area contributed by atoms with E-state index in [1.165, 1.54) is 173 Å². The first-order valence-corrected chi connectivity index (χ1v) is 17.0. The fourth-order valence-corrected chi connectivity index (χ4v) is 5.20. The van der Waals surface area contributed by atoms with E-state index in [9.17, 15) is 4.79 Å². The van der Waals surface area contributed by atoms with Crippen molar-refractivity contribution in [2.75, 3.05) is 6.61 Å². The summed E-state index contributed by atoms with van der Waals surface area (Å²) >= 11 is 0. The van der Waals surface area contributed by atoms with Crippen LogP contribution in [0.25, 0.3) is 0 Å². The topological polar surface area (TPSA) is 26.3 Å². The third-order valence-corrected chi connectivity index (χ3v) is 7.75. The molecule has 0 N–H and O–H groups in total. The van der Waals surface area contributed by atoms with Gasteiger partial charge in [0.1, 0.15) is 0 Å². The van der Waals surface area contributed by atoms with Gasteiger partial charge in [0.2, 0.25) is 0 Å². The summed E-state index contributed by atoms with van der Waals surface area (Å²) in [5.74, 6) is 0.0272. The van der Waals surface area contributed by atoms with E-state index in [1.807, 2.05) is 0 Å². The van der Waals surface area contributed by atoms with E-state index in [1.54, 1.807) is 0 Å². The predicted molar refractivity (Wildman–Crippen MR) is 168 cm³/mol. The van der Waals surface area contributed by atoms with Crippen LogP contribution in [0.15, 0.2) is 0 Å². The van der Waals surface area contributed by atoms with Crippen LogP contribution in [0.1, 0.15) is 206 Å². The minimum absolute atomic E-state index is 0. The van der Waals surface area contributed by atoms with Gasteiger partial charge >= 0.3 is 35.5 Å². The molecule has 0 saturated carbocycles. The molecule has 0 amide bonds. The number of rotatable bonds is 31. The normalized spacial score (nSPS) is 11.0. The van der Waals surface area contributed by atoms with Gasteiger partial charge < -0.3 is 4.74 Å². The van der Waals surface area contributed by atoms with Gasteiger partial charge in [-0.05, 0) is 12.8 Å². The van der Waals surface area contributed by atoms with E-state index < -0.39 is 0 Å². The molecule has 0 fully saturated rings. The fraction of sp³-hybridized carbons (Fsp3) is 0.971. The molecule has 0 aliphatic rings. The summed E-state index contributed by atoms with van der Waals surface area (Å²) in [5, 5.41) is 0. The van der Waals surface area contributed by atoms with E-state index in [0.29, 0.717) is 13.0 Å². The second-order valence-electron chi connectivity index (χ2n) is 11.5. The van der Waals surface area contributed by atoms with Gasteiger partial charge in [-0.25, -0.2) is 0 Å². The quantitative estimate of drug-likeness (QED) is 0.0504. The second-order valence-corrected chi connectivity index (χ2v) is 11.5. The molecule has 0 bridgehead atoms. The van der Waals surface area contributed by atoms with Crippen molar-refractivity contribution in [1.82, 2.24) is 0 Å². The maximum absolute atomic E-state index is 11.9. The van der Waals surface area contributed by atoms with Crippen molar-refractivity contribution < 1.29 is 9.53 Å². The van der Waals surface area contributed by atoms with Crippen molar-refractivity contribution in [1.29, 1.82) is 0 Å². The van der Waals surface area contributed by atoms with Crippen LogP contribution in [0, 0.1) is 0 Å². The van der Waals surface area contributed by atoms with Crippen molar-refractivity contribution in [2.45, 2.75) is 206 Å². The van der Waals surface area contributed by atoms with Crippen LogP contribution in [-0.2, 0) is 9.53 Å². The molecule has 218 valence electrons. The molecule has 0 rings (SSSR count). The summed E-state index contributed by atoms with van der Waals surface area (Å²) < 4.78 is 5.43. The van der Waals surface area contributed by atoms with Gasteiger partial charge in [0.15, 0.2) is 0 Å². The summed E-state index contributed by atoms with van der Waals surface area (Å²) in [6, 6.07) is 0. The minimum atomic E-state index is 0. The molecule has 3 heteroatoms. The van der Waals surface area contributed by atoms with E-state index in [-0.39, 0.29) is 35.5 Å². The third-order valence-electron chi connectivity index (χ3n) is 7.75. The Kier molecular flexibility index (Phi) is 39.0. The molecule has 0 spiro atoms. The maximum atomic E-state index is 11.9. The second kappa shape index (κ2) is 36.5. The van der Waals surface area contributed by atoms with Crippen molar-refractivity contribution >= 4 is 35.5 Å². The van der Waals surface area contributed by atoms with Crippen LogP contribution in [0.2, 0.25) is 0 Å². The first-order valence-electron chi connectivity index (χ1n) is 17.0. The average Bonchev–Trinajstić information content (AvgIpc) is 2.88. The Labute approximate surface area is 256 Å². The van der Waals surface area contributed by atoms with E-state index in [0.717, 1.165) is 12.8 Å². The van der Waals surface area contributed by atoms with Crippen LogP contribution in [0.4, 0.5) is 0 Å². The molecular formula is C34H69NaO2. The molecule has 0 aromatic carbocycles. The van der Waals surface area contributed by atoms with Gasteiger partial charge in [0.25, 0.3) is 0 Å². The number of ether oxygens (including phenoxy) is 1. The zero-order valence-corrected chi connectivity index (χ0v) is 25.2. The van der Waals surface area contributed by atoms with Crippen molar-refractivity contribution in [3.05, 3.63) is 0 Å². The van der Waals surface area contributed by atoms with Crippen LogP contribution in [0.5, 0.6) is 0 Å². The molecule has 0 aliphatic heterocycles. The number of hydrogen-bond acceptors (Lipinski definition) is 2. The van der Waals surface area contributed by atoms with Crippen molar-refractivity contribution in [3.63, 3.8) is 0 Å². The molecule has 37 heavy (non-hydrogen) atoms. The molecule has 0 aromatic rings. The molecule has 2 nitrogen and oxygen atoms in total. The Hall–Kier alpha value is 0.470. The number of carbonyl (C=O) groups is 1. The molecule has 0 saturated heterocycles. The summed E-state index contributed by atoms with van der Waals surface area (Å²) in [7, 11) is 0. The molecule has 0 atom stereocenters. The van der Waals surface area contributed by atoms with Gasteiger partial charge in [-0.15, -0.1) is 0 Å². The van der Waals surface area contributed by atoms with E-state index in [4.69, 9.17) is 4.74 Å². The van der Waals surface area contributed by atoms with E-state index >= 15 is 0 Å². The van der Waals surface area contributed by atoms with Crippen molar-refractivity contribution in [2.24, 2.45) is 0 Å². The molecular weight excluding hydrogens is 463 g/mol. The predicted octanol–water partition coefficient (Wildman–Crippen LogP) is 11.6. The van der Waals surface area contributed by atoms with Gasteiger partial charge in [-0.3, -0.25) is 4.79 Å². The van der Waals surface area contributed by atoms with Crippen LogP contribution >= 0.6 is 0 Å². The Morgan fingerprint density at radius 2 is 0.622 bits per heavy atom. The zero-order valence-electron chi connectivity index (χ0n) is 25.2. The first kappa shape index (κ1) is 39.6. The molecule has 0 radical (unpaired) electrons. The fourth-order valence-electron chi connectivity index (χ4n) is 5.20. The number of esters is 1. The van der Waals surface area contributed by atoms with Gasteiger partial charge in [-0.2, -0.15) is 0 Å². The Morgan fingerprint density at radius 1 is 0.378 bits per heavy atom. The number of unbranched alkanes of at least 4 members (excludes halogenated alkanes) is 27. The first-order chi connectivity index (χ1) is 17.8. The van der Waals surface area contributed by atoms with E-state index in [2.05, 4.69) is 13.8 Å². The molecule has 0 aromatic heterocycles. The van der Waals surface area contributed by atoms with Gasteiger partial charge in [-0.1, -0.05) is 187 Å². The molecule has 0 unspecified atom stereocenters. The Bertz CT molecular complexity index is 377. The summed E-state index contributed by atoms with van der Waals surface area (Å²) in [4.78, 5) is 11.9. The molecule has 0 aliphatic carbocycles. The third kappa shape index (κ3) is 36.5. The van der Waals surface area contributed by atoms with Crippen LogP contribution in [-0.4, -0.2) is 42.1 Å². The zero-order chi connectivity index (χ0) is 26.2. The monoisotopic (exact) mass is 533 g/mol. The van der Waals surface area contributed by atoms with Crippen LogP contribution in [0.3, 0.4) is 0 Å². The van der Waals surface area contributed by atoms with Gasteiger partial charge in [0.05, 0.1) is 6.61 Å². The Balaban J connectivity index is 0. The standard InChI is InChI=1S/C34H68O2.Na.H/c1-3-5-7-9-11-13-15-17-19-20-22-24-26-28-30-32-34(35)36-33-31-29-27-25-23-21-18-16-14-12-10-8-6-4-2;;/h3-33H2,1-2H3;;. The van der Waals surface area contributed by atoms with Crippen molar-refractivity contribution in [3.8, 4) is 0 Å². The number of carbonyl (C=O) groups excluding carboxylic acids is 1. The summed E-state index contributed by atoms with van der Waals surface area (Å²) in [5.41, 5.74) is 0. The Morgan fingerprint density at radius 3 is 0.919 bits per heavy atom. The SMILES string of the molecule is CCCCCCCCCCCCCCCCCC(=O)OCCCCCCCCCCCCCCCC.[NaH]. The van der Waals surface area contributed by atoms with Gasteiger partial charge in [0, 0.05) is 6.42 Å². The summed E-state index contributed by atoms with van der Waals surface area (Å²) in [6.07, 6.45) is 40.1.